The lowest BCUT2D eigenvalue weighted by Crippen LogP contribution is -2.45. The van der Waals surface area contributed by atoms with E-state index in [-0.39, 0.29) is 17.7 Å². The molecule has 120 valence electrons. The second kappa shape index (κ2) is 6.61. The molecule has 0 aliphatic carbocycles. The van der Waals surface area contributed by atoms with E-state index in [0.717, 1.165) is 16.7 Å². The molecule has 1 aromatic rings. The highest BCUT2D eigenvalue weighted by Gasteiger charge is 2.30. The molecular formula is C18H25NO3. The molecule has 1 aliphatic heterocycles. The van der Waals surface area contributed by atoms with Crippen LogP contribution in [0, 0.1) is 26.7 Å². The van der Waals surface area contributed by atoms with Crippen molar-refractivity contribution >= 4 is 11.8 Å². The summed E-state index contributed by atoms with van der Waals surface area (Å²) in [4.78, 5) is 26.0. The lowest BCUT2D eigenvalue weighted by Gasteiger charge is -2.34. The molecule has 1 unspecified atom stereocenters. The van der Waals surface area contributed by atoms with Crippen LogP contribution >= 0.6 is 0 Å². The summed E-state index contributed by atoms with van der Waals surface area (Å²) < 4.78 is 0. The van der Waals surface area contributed by atoms with Crippen molar-refractivity contribution in [2.75, 3.05) is 13.1 Å². The first kappa shape index (κ1) is 16.7. The molecule has 1 heterocycles. The van der Waals surface area contributed by atoms with Gasteiger partial charge in [0.2, 0.25) is 0 Å². The number of ketones is 1. The Kier molecular flexibility index (Phi) is 5.01. The van der Waals surface area contributed by atoms with E-state index < -0.39 is 5.97 Å². The Morgan fingerprint density at radius 1 is 1.14 bits per heavy atom. The Balaban J connectivity index is 2.12. The van der Waals surface area contributed by atoms with Crippen LogP contribution in [0.3, 0.4) is 0 Å². The number of carboxylic acid groups (broad SMARTS) is 1. The molecule has 22 heavy (non-hydrogen) atoms. The van der Waals surface area contributed by atoms with Crippen molar-refractivity contribution < 1.29 is 14.7 Å². The van der Waals surface area contributed by atoms with E-state index in [4.69, 9.17) is 5.11 Å². The van der Waals surface area contributed by atoms with E-state index in [9.17, 15) is 9.59 Å². The van der Waals surface area contributed by atoms with Gasteiger partial charge in [-0.15, -0.1) is 0 Å². The summed E-state index contributed by atoms with van der Waals surface area (Å²) in [6, 6.07) is 3.89. The normalized spacial score (nSPS) is 18.2. The predicted molar refractivity (Wildman–Crippen MR) is 86.4 cm³/mol. The second-order valence-corrected chi connectivity index (χ2v) is 6.46. The summed E-state index contributed by atoms with van der Waals surface area (Å²) in [5.41, 5.74) is 4.03. The third-order valence-corrected chi connectivity index (χ3v) is 4.73. The largest absolute Gasteiger partial charge is 0.481 e. The molecule has 1 fully saturated rings. The highest BCUT2D eigenvalue weighted by atomic mass is 16.4. The molecule has 0 bridgehead atoms. The Morgan fingerprint density at radius 3 is 2.09 bits per heavy atom. The van der Waals surface area contributed by atoms with Crippen LogP contribution in [0.15, 0.2) is 12.1 Å². The number of Topliss-reactive ketones (excluding diaryl/α,β-unsaturated/α-hetero) is 1. The molecule has 0 radical (unpaired) electrons. The van der Waals surface area contributed by atoms with Crippen molar-refractivity contribution in [1.29, 1.82) is 0 Å². The number of carbonyl (C=O) groups excluding carboxylic acids is 1. The minimum absolute atomic E-state index is 0.142. The quantitative estimate of drug-likeness (QED) is 0.869. The third-order valence-electron chi connectivity index (χ3n) is 4.73. The molecular weight excluding hydrogens is 278 g/mol. The number of piperidine rings is 1. The number of likely N-dealkylation sites (tertiary alicyclic amines) is 1. The van der Waals surface area contributed by atoms with Gasteiger partial charge in [0.1, 0.15) is 0 Å². The first-order valence-corrected chi connectivity index (χ1v) is 7.90. The van der Waals surface area contributed by atoms with Crippen LogP contribution in [0.5, 0.6) is 0 Å². The number of rotatable bonds is 4. The van der Waals surface area contributed by atoms with Gasteiger partial charge < -0.3 is 5.11 Å². The molecule has 4 nitrogen and oxygen atoms in total. The molecule has 1 saturated heterocycles. The Labute approximate surface area is 132 Å². The van der Waals surface area contributed by atoms with Crippen LogP contribution < -0.4 is 0 Å². The number of carbonyl (C=O) groups is 2. The van der Waals surface area contributed by atoms with Crippen LogP contribution in [-0.4, -0.2) is 40.9 Å². The molecule has 4 heteroatoms. The van der Waals surface area contributed by atoms with Crippen molar-refractivity contribution in [3.63, 3.8) is 0 Å². The summed E-state index contributed by atoms with van der Waals surface area (Å²) in [6.45, 7) is 9.28. The van der Waals surface area contributed by atoms with E-state index in [1.54, 1.807) is 0 Å². The third kappa shape index (κ3) is 3.38. The molecule has 1 aliphatic rings. The first-order chi connectivity index (χ1) is 10.3. The lowest BCUT2D eigenvalue weighted by atomic mass is 9.91. The van der Waals surface area contributed by atoms with Gasteiger partial charge in [-0.1, -0.05) is 17.7 Å². The summed E-state index contributed by atoms with van der Waals surface area (Å²) in [5, 5.41) is 9.06. The second-order valence-electron chi connectivity index (χ2n) is 6.46. The summed E-state index contributed by atoms with van der Waals surface area (Å²) in [5.74, 6) is -0.839. The van der Waals surface area contributed by atoms with Gasteiger partial charge in [-0.2, -0.15) is 0 Å². The summed E-state index contributed by atoms with van der Waals surface area (Å²) in [6.07, 6.45) is 1.25. The van der Waals surface area contributed by atoms with Crippen LogP contribution in [0.4, 0.5) is 0 Å². The maximum atomic E-state index is 12.9. The Morgan fingerprint density at radius 2 is 1.64 bits per heavy atom. The zero-order valence-corrected chi connectivity index (χ0v) is 13.8. The van der Waals surface area contributed by atoms with E-state index >= 15 is 0 Å². The molecule has 1 atom stereocenters. The average Bonchev–Trinajstić information content (AvgIpc) is 2.45. The van der Waals surface area contributed by atoms with Gasteiger partial charge in [-0.3, -0.25) is 14.5 Å². The number of carboxylic acids is 1. The van der Waals surface area contributed by atoms with Gasteiger partial charge in [-0.25, -0.2) is 0 Å². The van der Waals surface area contributed by atoms with E-state index in [2.05, 4.69) is 4.90 Å². The smallest absolute Gasteiger partial charge is 0.306 e. The van der Waals surface area contributed by atoms with Gasteiger partial charge in [0.25, 0.3) is 0 Å². The fourth-order valence-corrected chi connectivity index (χ4v) is 3.48. The molecule has 0 spiro atoms. The molecule has 2 rings (SSSR count). The van der Waals surface area contributed by atoms with Crippen molar-refractivity contribution in [3.05, 3.63) is 34.4 Å². The Hall–Kier alpha value is -1.68. The summed E-state index contributed by atoms with van der Waals surface area (Å²) >= 11 is 0. The topological polar surface area (TPSA) is 57.6 Å². The fraction of sp³-hybridized carbons (Fsp3) is 0.556. The average molecular weight is 303 g/mol. The van der Waals surface area contributed by atoms with E-state index in [0.29, 0.717) is 25.9 Å². The fourth-order valence-electron chi connectivity index (χ4n) is 3.48. The molecule has 0 amide bonds. The minimum Gasteiger partial charge on any atom is -0.481 e. The van der Waals surface area contributed by atoms with Gasteiger partial charge in [0, 0.05) is 5.56 Å². The van der Waals surface area contributed by atoms with Gasteiger partial charge in [-0.05, 0) is 64.8 Å². The SMILES string of the molecule is Cc1cc(C)c(C(=O)C(C)N2CCC(C(=O)O)CC2)c(C)c1. The van der Waals surface area contributed by atoms with Crippen LogP contribution in [-0.2, 0) is 4.79 Å². The molecule has 1 N–H and O–H groups in total. The molecule has 0 saturated carbocycles. The van der Waals surface area contributed by atoms with Gasteiger partial charge in [0.05, 0.1) is 12.0 Å². The number of benzene rings is 1. The number of hydrogen-bond acceptors (Lipinski definition) is 3. The Bertz CT molecular complexity index is 563. The molecule has 0 aromatic heterocycles. The monoisotopic (exact) mass is 303 g/mol. The lowest BCUT2D eigenvalue weighted by molar-refractivity contribution is -0.143. The van der Waals surface area contributed by atoms with Crippen LogP contribution in [0.2, 0.25) is 0 Å². The standard InChI is InChI=1S/C18H25NO3/c1-11-9-12(2)16(13(3)10-11)17(20)14(4)19-7-5-15(6-8-19)18(21)22/h9-10,14-15H,5-8H2,1-4H3,(H,21,22). The maximum absolute atomic E-state index is 12.9. The van der Waals surface area contributed by atoms with E-state index in [1.165, 1.54) is 5.56 Å². The van der Waals surface area contributed by atoms with Crippen molar-refractivity contribution in [1.82, 2.24) is 4.90 Å². The van der Waals surface area contributed by atoms with E-state index in [1.807, 2.05) is 39.8 Å². The van der Waals surface area contributed by atoms with Crippen molar-refractivity contribution in [3.8, 4) is 0 Å². The zero-order chi connectivity index (χ0) is 16.4. The maximum Gasteiger partial charge on any atom is 0.306 e. The summed E-state index contributed by atoms with van der Waals surface area (Å²) in [7, 11) is 0. The number of hydrogen-bond donors (Lipinski definition) is 1. The molecule has 1 aromatic carbocycles. The predicted octanol–water partition coefficient (Wildman–Crippen LogP) is 2.98. The number of nitrogens with zero attached hydrogens (tertiary/aromatic N) is 1. The van der Waals surface area contributed by atoms with Crippen LogP contribution in [0.1, 0.15) is 46.8 Å². The number of aliphatic carboxylic acids is 1. The van der Waals surface area contributed by atoms with Crippen molar-refractivity contribution in [2.24, 2.45) is 5.92 Å². The van der Waals surface area contributed by atoms with Gasteiger partial charge >= 0.3 is 5.97 Å². The first-order valence-electron chi connectivity index (χ1n) is 7.90. The highest BCUT2D eigenvalue weighted by molar-refractivity contribution is 6.02. The minimum atomic E-state index is -0.719. The van der Waals surface area contributed by atoms with Crippen molar-refractivity contribution in [2.45, 2.75) is 46.6 Å². The zero-order valence-electron chi connectivity index (χ0n) is 13.8. The van der Waals surface area contributed by atoms with Crippen LogP contribution in [0.25, 0.3) is 0 Å². The number of aryl methyl sites for hydroxylation is 3. The highest BCUT2D eigenvalue weighted by Crippen LogP contribution is 2.23. The van der Waals surface area contributed by atoms with Gasteiger partial charge in [0.15, 0.2) is 5.78 Å².